The van der Waals surface area contributed by atoms with Gasteiger partial charge in [0.2, 0.25) is 0 Å². The lowest BCUT2D eigenvalue weighted by molar-refractivity contribution is 0.0697. The summed E-state index contributed by atoms with van der Waals surface area (Å²) in [6, 6.07) is 10.1. The molecule has 86 valence electrons. The smallest absolute Gasteiger partial charge is 0.337 e. The van der Waals surface area contributed by atoms with Gasteiger partial charge in [0.15, 0.2) is 0 Å². The Bertz CT molecular complexity index is 571. The van der Waals surface area contributed by atoms with Gasteiger partial charge in [0.05, 0.1) is 5.56 Å². The molecule has 0 bridgehead atoms. The van der Waals surface area contributed by atoms with Crippen molar-refractivity contribution in [1.82, 2.24) is 4.57 Å². The predicted molar refractivity (Wildman–Crippen MR) is 64.3 cm³/mol. The molecular weight excluding hydrogens is 214 g/mol. The van der Waals surface area contributed by atoms with Gasteiger partial charge in [-0.15, -0.1) is 0 Å². The van der Waals surface area contributed by atoms with Crippen molar-refractivity contribution in [1.29, 1.82) is 0 Å². The van der Waals surface area contributed by atoms with E-state index in [2.05, 4.69) is 24.3 Å². The van der Waals surface area contributed by atoms with Gasteiger partial charge < -0.3 is 9.67 Å². The Morgan fingerprint density at radius 2 is 2.18 bits per heavy atom. The molecule has 1 aromatic heterocycles. The van der Waals surface area contributed by atoms with Gasteiger partial charge in [-0.25, -0.2) is 4.79 Å². The molecule has 1 heterocycles. The van der Waals surface area contributed by atoms with Crippen LogP contribution in [-0.2, 0) is 13.0 Å². The minimum atomic E-state index is -0.863. The van der Waals surface area contributed by atoms with Crippen LogP contribution in [-0.4, -0.2) is 15.6 Å². The number of rotatable bonds is 3. The van der Waals surface area contributed by atoms with Crippen molar-refractivity contribution in [2.24, 2.45) is 0 Å². The van der Waals surface area contributed by atoms with E-state index >= 15 is 0 Å². The van der Waals surface area contributed by atoms with Gasteiger partial charge >= 0.3 is 5.97 Å². The number of carbonyl (C=O) groups is 1. The number of benzene rings is 1. The first-order valence-electron chi connectivity index (χ1n) is 5.71. The Labute approximate surface area is 99.3 Å². The maximum absolute atomic E-state index is 10.8. The van der Waals surface area contributed by atoms with E-state index in [9.17, 15) is 4.79 Å². The molecule has 2 aromatic rings. The van der Waals surface area contributed by atoms with Crippen molar-refractivity contribution in [3.63, 3.8) is 0 Å². The Morgan fingerprint density at radius 3 is 2.88 bits per heavy atom. The molecule has 1 aliphatic carbocycles. The summed E-state index contributed by atoms with van der Waals surface area (Å²) in [6.07, 6.45) is 4.63. The quantitative estimate of drug-likeness (QED) is 0.875. The zero-order valence-electron chi connectivity index (χ0n) is 9.34. The molecule has 17 heavy (non-hydrogen) atoms. The molecule has 0 aliphatic heterocycles. The number of hydrogen-bond donors (Lipinski definition) is 1. The Morgan fingerprint density at radius 1 is 1.35 bits per heavy atom. The predicted octanol–water partition coefficient (Wildman–Crippen LogP) is 2.53. The van der Waals surface area contributed by atoms with Crippen LogP contribution in [0.4, 0.5) is 0 Å². The molecule has 0 fully saturated rings. The summed E-state index contributed by atoms with van der Waals surface area (Å²) in [5.41, 5.74) is 3.18. The molecule has 1 aromatic carbocycles. The summed E-state index contributed by atoms with van der Waals surface area (Å²) >= 11 is 0. The Kier molecular flexibility index (Phi) is 2.25. The van der Waals surface area contributed by atoms with E-state index in [4.69, 9.17) is 5.11 Å². The second-order valence-electron chi connectivity index (χ2n) is 4.50. The molecular formula is C14H13NO2. The molecule has 1 aliphatic rings. The maximum Gasteiger partial charge on any atom is 0.337 e. The van der Waals surface area contributed by atoms with Crippen LogP contribution < -0.4 is 0 Å². The minimum absolute atomic E-state index is 0.359. The van der Waals surface area contributed by atoms with Crippen LogP contribution in [0.25, 0.3) is 0 Å². The number of hydrogen-bond acceptors (Lipinski definition) is 1. The van der Waals surface area contributed by atoms with Crippen LogP contribution in [0.2, 0.25) is 0 Å². The van der Waals surface area contributed by atoms with Crippen molar-refractivity contribution in [2.45, 2.75) is 18.9 Å². The molecule has 1 unspecified atom stereocenters. The molecule has 0 radical (unpaired) electrons. The van der Waals surface area contributed by atoms with Gasteiger partial charge in [-0.2, -0.15) is 0 Å². The molecule has 0 saturated carbocycles. The second-order valence-corrected chi connectivity index (χ2v) is 4.50. The standard InChI is InChI=1S/C14H13NO2/c16-14(17)11-5-6-15(8-11)9-12-7-10-3-1-2-4-13(10)12/h1-6,8,12H,7,9H2,(H,16,17). The topological polar surface area (TPSA) is 42.2 Å². The first-order chi connectivity index (χ1) is 8.24. The SMILES string of the molecule is O=C(O)c1ccn(CC2Cc3ccccc32)c1. The summed E-state index contributed by atoms with van der Waals surface area (Å²) in [5.74, 6) is -0.335. The highest BCUT2D eigenvalue weighted by atomic mass is 16.4. The first-order valence-corrected chi connectivity index (χ1v) is 5.71. The third-order valence-electron chi connectivity index (χ3n) is 3.39. The van der Waals surface area contributed by atoms with Crippen LogP contribution in [0, 0.1) is 0 Å². The van der Waals surface area contributed by atoms with Gasteiger partial charge in [-0.3, -0.25) is 0 Å². The van der Waals surface area contributed by atoms with Crippen LogP contribution >= 0.6 is 0 Å². The maximum atomic E-state index is 10.8. The van der Waals surface area contributed by atoms with E-state index in [1.54, 1.807) is 12.3 Å². The molecule has 3 rings (SSSR count). The molecule has 0 spiro atoms. The lowest BCUT2D eigenvalue weighted by Gasteiger charge is -2.30. The van der Waals surface area contributed by atoms with Crippen molar-refractivity contribution in [2.75, 3.05) is 0 Å². The van der Waals surface area contributed by atoms with Crippen molar-refractivity contribution >= 4 is 5.97 Å². The van der Waals surface area contributed by atoms with E-state index in [1.165, 1.54) is 11.1 Å². The highest BCUT2D eigenvalue weighted by molar-refractivity contribution is 5.87. The number of carboxylic acid groups (broad SMARTS) is 1. The van der Waals surface area contributed by atoms with Gasteiger partial charge in [-0.1, -0.05) is 24.3 Å². The number of nitrogens with zero attached hydrogens (tertiary/aromatic N) is 1. The molecule has 1 N–H and O–H groups in total. The summed E-state index contributed by atoms with van der Waals surface area (Å²) in [6.45, 7) is 0.865. The van der Waals surface area contributed by atoms with Crippen molar-refractivity contribution in [3.05, 3.63) is 59.4 Å². The number of aromatic nitrogens is 1. The van der Waals surface area contributed by atoms with Crippen LogP contribution in [0.1, 0.15) is 27.4 Å². The lowest BCUT2D eigenvalue weighted by Crippen LogP contribution is -2.21. The lowest BCUT2D eigenvalue weighted by atomic mass is 9.77. The van der Waals surface area contributed by atoms with E-state index in [0.29, 0.717) is 11.5 Å². The molecule has 0 amide bonds. The van der Waals surface area contributed by atoms with E-state index in [1.807, 2.05) is 10.8 Å². The summed E-state index contributed by atoms with van der Waals surface area (Å²) < 4.78 is 1.96. The molecule has 1 atom stereocenters. The van der Waals surface area contributed by atoms with E-state index in [0.717, 1.165) is 13.0 Å². The second kappa shape index (κ2) is 3.77. The van der Waals surface area contributed by atoms with Crippen LogP contribution in [0.15, 0.2) is 42.7 Å². The summed E-state index contributed by atoms with van der Waals surface area (Å²) in [7, 11) is 0. The minimum Gasteiger partial charge on any atom is -0.478 e. The largest absolute Gasteiger partial charge is 0.478 e. The van der Waals surface area contributed by atoms with Crippen LogP contribution in [0.5, 0.6) is 0 Å². The third kappa shape index (κ3) is 1.73. The Balaban J connectivity index is 1.75. The zero-order valence-corrected chi connectivity index (χ0v) is 9.34. The zero-order chi connectivity index (χ0) is 11.8. The molecule has 0 saturated heterocycles. The highest BCUT2D eigenvalue weighted by Crippen LogP contribution is 2.35. The summed E-state index contributed by atoms with van der Waals surface area (Å²) in [4.78, 5) is 10.8. The first kappa shape index (κ1) is 10.1. The van der Waals surface area contributed by atoms with Crippen LogP contribution in [0.3, 0.4) is 0 Å². The molecule has 3 heteroatoms. The third-order valence-corrected chi connectivity index (χ3v) is 3.39. The average Bonchev–Trinajstić information content (AvgIpc) is 2.75. The summed E-state index contributed by atoms with van der Waals surface area (Å²) in [5, 5.41) is 8.85. The van der Waals surface area contributed by atoms with Gasteiger partial charge in [0, 0.05) is 24.9 Å². The fraction of sp³-hybridized carbons (Fsp3) is 0.214. The van der Waals surface area contributed by atoms with Gasteiger partial charge in [0.25, 0.3) is 0 Å². The van der Waals surface area contributed by atoms with Gasteiger partial charge in [0.1, 0.15) is 0 Å². The fourth-order valence-electron chi connectivity index (χ4n) is 2.46. The normalized spacial score (nSPS) is 17.3. The van der Waals surface area contributed by atoms with Gasteiger partial charge in [-0.05, 0) is 23.6 Å². The van der Waals surface area contributed by atoms with Crippen molar-refractivity contribution in [3.8, 4) is 0 Å². The average molecular weight is 227 g/mol. The molecule has 3 nitrogen and oxygen atoms in total. The van der Waals surface area contributed by atoms with E-state index in [-0.39, 0.29) is 0 Å². The monoisotopic (exact) mass is 227 g/mol. The number of fused-ring (bicyclic) bond motifs is 1. The number of aromatic carboxylic acids is 1. The van der Waals surface area contributed by atoms with Crippen molar-refractivity contribution < 1.29 is 9.90 Å². The highest BCUT2D eigenvalue weighted by Gasteiger charge is 2.25. The number of carboxylic acids is 1. The Hall–Kier alpha value is -2.03. The fourth-order valence-corrected chi connectivity index (χ4v) is 2.46. The van der Waals surface area contributed by atoms with E-state index < -0.39 is 5.97 Å².